The first kappa shape index (κ1) is 29.8. The van der Waals surface area contributed by atoms with E-state index in [1.54, 1.807) is 0 Å². The zero-order chi connectivity index (χ0) is 30.9. The summed E-state index contributed by atoms with van der Waals surface area (Å²) in [6, 6.07) is 7.69. The molecule has 42 heavy (non-hydrogen) atoms. The van der Waals surface area contributed by atoms with E-state index in [1.165, 1.54) is 55.1 Å². The van der Waals surface area contributed by atoms with Gasteiger partial charge in [-0.25, -0.2) is 18.4 Å². The Bertz CT molecular complexity index is 1780. The number of hydrogen-bond donors (Lipinski definition) is 0. The highest BCUT2D eigenvalue weighted by atomic mass is 32.2. The van der Waals surface area contributed by atoms with Gasteiger partial charge < -0.3 is 4.57 Å². The predicted octanol–water partition coefficient (Wildman–Crippen LogP) is 6.67. The Balaban J connectivity index is 1.57. The number of nitrogens with zero attached hydrogens (tertiary/aromatic N) is 4. The van der Waals surface area contributed by atoms with Crippen LogP contribution in [0.4, 0.5) is 35.1 Å². The van der Waals surface area contributed by atoms with Crippen molar-refractivity contribution in [3.63, 3.8) is 0 Å². The SMILES string of the molecule is CCS(=O)(=O)c1cc(-c2ccc(C3(OC(F)(F)F)CC3)cc2)cnc1-c1nc2cc(C(F)(F)C(F)(F)F)cnc2n1C. The van der Waals surface area contributed by atoms with Crippen LogP contribution in [0.15, 0.2) is 53.7 Å². The van der Waals surface area contributed by atoms with Gasteiger partial charge in [0.2, 0.25) is 0 Å². The van der Waals surface area contributed by atoms with Gasteiger partial charge in [0, 0.05) is 25.0 Å². The number of halogens is 8. The number of benzene rings is 1. The maximum Gasteiger partial charge on any atom is 0.523 e. The number of rotatable bonds is 7. The molecule has 16 heteroatoms. The highest BCUT2D eigenvalue weighted by Gasteiger charge is 2.59. The number of hydrogen-bond acceptors (Lipinski definition) is 6. The summed E-state index contributed by atoms with van der Waals surface area (Å²) in [4.78, 5) is 11.7. The molecule has 1 fully saturated rings. The number of pyridine rings is 2. The van der Waals surface area contributed by atoms with E-state index in [2.05, 4.69) is 19.7 Å². The lowest BCUT2D eigenvalue weighted by Gasteiger charge is -2.19. The van der Waals surface area contributed by atoms with E-state index in [0.29, 0.717) is 29.0 Å². The average molecular weight is 621 g/mol. The molecule has 0 spiro atoms. The Morgan fingerprint density at radius 1 is 0.929 bits per heavy atom. The molecule has 1 aromatic carbocycles. The largest absolute Gasteiger partial charge is 0.523 e. The van der Waals surface area contributed by atoms with Crippen molar-refractivity contribution in [3.05, 3.63) is 59.9 Å². The molecule has 0 bridgehead atoms. The Morgan fingerprint density at radius 3 is 2.12 bits per heavy atom. The minimum atomic E-state index is -5.87. The molecule has 0 atom stereocenters. The molecule has 0 saturated heterocycles. The van der Waals surface area contributed by atoms with Crippen molar-refractivity contribution in [1.82, 2.24) is 19.5 Å². The number of fused-ring (bicyclic) bond motifs is 1. The smallest absolute Gasteiger partial charge is 0.310 e. The van der Waals surface area contributed by atoms with Gasteiger partial charge >= 0.3 is 18.5 Å². The van der Waals surface area contributed by atoms with Gasteiger partial charge in [0.25, 0.3) is 0 Å². The standard InChI is InChI=1S/C26H20F8N4O3S/c1-3-42(39,40)19-10-15(14-4-6-16(7-5-14)23(8-9-23)41-26(32,33)34)12-35-20(19)22-37-18-11-17(13-36-21(18)38(22)2)24(27,28)25(29,30)31/h4-7,10-13H,3,8-9H2,1-2H3. The lowest BCUT2D eigenvalue weighted by Crippen LogP contribution is -2.33. The van der Waals surface area contributed by atoms with Gasteiger partial charge in [0.1, 0.15) is 16.8 Å². The van der Waals surface area contributed by atoms with E-state index in [0.717, 1.165) is 0 Å². The highest BCUT2D eigenvalue weighted by molar-refractivity contribution is 7.91. The molecule has 0 N–H and O–H groups in total. The molecule has 4 aromatic rings. The first-order chi connectivity index (χ1) is 19.4. The summed E-state index contributed by atoms with van der Waals surface area (Å²) in [5, 5.41) is 0. The van der Waals surface area contributed by atoms with Crippen LogP contribution in [0.1, 0.15) is 30.9 Å². The van der Waals surface area contributed by atoms with Crippen LogP contribution in [0, 0.1) is 0 Å². The number of alkyl halides is 8. The molecule has 5 rings (SSSR count). The van der Waals surface area contributed by atoms with Crippen LogP contribution >= 0.6 is 0 Å². The van der Waals surface area contributed by atoms with Crippen molar-refractivity contribution in [2.45, 2.75) is 48.7 Å². The quantitative estimate of drug-likeness (QED) is 0.215. The lowest BCUT2D eigenvalue weighted by molar-refractivity contribution is -0.352. The Kier molecular flexibility index (Phi) is 6.88. The van der Waals surface area contributed by atoms with Gasteiger partial charge in [-0.3, -0.25) is 9.72 Å². The number of ether oxygens (including phenoxy) is 1. The molecule has 1 aliphatic rings. The molecule has 224 valence electrons. The van der Waals surface area contributed by atoms with Crippen LogP contribution in [-0.2, 0) is 33.1 Å². The Labute approximate surface area is 233 Å². The van der Waals surface area contributed by atoms with E-state index >= 15 is 0 Å². The second-order valence-electron chi connectivity index (χ2n) is 9.73. The molecule has 0 aliphatic heterocycles. The second kappa shape index (κ2) is 9.69. The average Bonchev–Trinajstić information content (AvgIpc) is 3.61. The summed E-state index contributed by atoms with van der Waals surface area (Å²) in [6.45, 7) is 1.37. The maximum absolute atomic E-state index is 13.9. The molecule has 1 saturated carbocycles. The van der Waals surface area contributed by atoms with Crippen molar-refractivity contribution in [3.8, 4) is 22.6 Å². The number of sulfone groups is 1. The summed E-state index contributed by atoms with van der Waals surface area (Å²) in [5.74, 6) is -5.72. The first-order valence-corrected chi connectivity index (χ1v) is 13.9. The minimum absolute atomic E-state index is 0.0943. The van der Waals surface area contributed by atoms with E-state index in [4.69, 9.17) is 0 Å². The van der Waals surface area contributed by atoms with Crippen molar-refractivity contribution < 1.29 is 48.3 Å². The first-order valence-electron chi connectivity index (χ1n) is 12.3. The van der Waals surface area contributed by atoms with Gasteiger partial charge in [-0.1, -0.05) is 31.2 Å². The monoisotopic (exact) mass is 620 g/mol. The van der Waals surface area contributed by atoms with Crippen LogP contribution in [0.3, 0.4) is 0 Å². The molecule has 0 unspecified atom stereocenters. The second-order valence-corrected chi connectivity index (χ2v) is 12.0. The highest BCUT2D eigenvalue weighted by Crippen LogP contribution is 2.52. The molecule has 7 nitrogen and oxygen atoms in total. The van der Waals surface area contributed by atoms with Crippen molar-refractivity contribution in [1.29, 1.82) is 0 Å². The number of imidazole rings is 1. The van der Waals surface area contributed by atoms with Crippen molar-refractivity contribution in [2.75, 3.05) is 5.75 Å². The van der Waals surface area contributed by atoms with Crippen molar-refractivity contribution >= 4 is 21.0 Å². The van der Waals surface area contributed by atoms with E-state index < -0.39 is 39.5 Å². The summed E-state index contributed by atoms with van der Waals surface area (Å²) < 4.78 is 137. The third kappa shape index (κ3) is 5.21. The van der Waals surface area contributed by atoms with Crippen LogP contribution in [0.5, 0.6) is 0 Å². The lowest BCUT2D eigenvalue weighted by atomic mass is 10.0. The molecular weight excluding hydrogens is 600 g/mol. The molecular formula is C26H20F8N4O3S. The maximum atomic E-state index is 13.9. The molecule has 0 radical (unpaired) electrons. The summed E-state index contributed by atoms with van der Waals surface area (Å²) in [7, 11) is -2.64. The van der Waals surface area contributed by atoms with Crippen LogP contribution < -0.4 is 0 Å². The zero-order valence-corrected chi connectivity index (χ0v) is 22.5. The Hall–Kier alpha value is -3.66. The van der Waals surface area contributed by atoms with E-state index in [1.807, 2.05) is 0 Å². The summed E-state index contributed by atoms with van der Waals surface area (Å²) >= 11 is 0. The van der Waals surface area contributed by atoms with Gasteiger partial charge in [-0.15, -0.1) is 13.2 Å². The fourth-order valence-electron chi connectivity index (χ4n) is 4.54. The third-order valence-corrected chi connectivity index (χ3v) is 8.71. The van der Waals surface area contributed by atoms with Gasteiger partial charge in [0.05, 0.1) is 16.2 Å². The zero-order valence-electron chi connectivity index (χ0n) is 21.7. The van der Waals surface area contributed by atoms with Gasteiger partial charge in [-0.2, -0.15) is 22.0 Å². The van der Waals surface area contributed by atoms with Crippen LogP contribution in [0.25, 0.3) is 33.8 Å². The molecule has 0 amide bonds. The fourth-order valence-corrected chi connectivity index (χ4v) is 5.59. The molecule has 1 aliphatic carbocycles. The van der Waals surface area contributed by atoms with Crippen LogP contribution in [0.2, 0.25) is 0 Å². The topological polar surface area (TPSA) is 87.0 Å². The predicted molar refractivity (Wildman–Crippen MR) is 133 cm³/mol. The molecule has 3 heterocycles. The van der Waals surface area contributed by atoms with Gasteiger partial charge in [0.15, 0.2) is 21.3 Å². The van der Waals surface area contributed by atoms with E-state index in [9.17, 15) is 43.5 Å². The van der Waals surface area contributed by atoms with Crippen molar-refractivity contribution in [2.24, 2.45) is 7.05 Å². The van der Waals surface area contributed by atoms with E-state index in [-0.39, 0.29) is 46.2 Å². The normalized spacial score (nSPS) is 15.8. The fraction of sp³-hybridized carbons (Fsp3) is 0.346. The Morgan fingerprint density at radius 2 is 1.57 bits per heavy atom. The number of aryl methyl sites for hydroxylation is 1. The summed E-state index contributed by atoms with van der Waals surface area (Å²) in [5.41, 5.74) is -2.51. The third-order valence-electron chi connectivity index (χ3n) is 6.97. The number of aromatic nitrogens is 4. The van der Waals surface area contributed by atoms with Crippen LogP contribution in [-0.4, -0.2) is 46.2 Å². The van der Waals surface area contributed by atoms with Gasteiger partial charge in [-0.05, 0) is 36.1 Å². The minimum Gasteiger partial charge on any atom is -0.310 e. The summed E-state index contributed by atoms with van der Waals surface area (Å²) in [6.07, 6.45) is -8.66. The molecule has 3 aromatic heterocycles.